The number of carbonyl (C=O) groups is 1. The predicted octanol–water partition coefficient (Wildman–Crippen LogP) is 3.78. The van der Waals surface area contributed by atoms with Crippen molar-refractivity contribution in [1.29, 1.82) is 0 Å². The van der Waals surface area contributed by atoms with E-state index < -0.39 is 0 Å². The Morgan fingerprint density at radius 1 is 0.917 bits per heavy atom. The highest BCUT2D eigenvalue weighted by molar-refractivity contribution is 6.21. The summed E-state index contributed by atoms with van der Waals surface area (Å²) < 4.78 is 0. The van der Waals surface area contributed by atoms with E-state index in [9.17, 15) is 4.79 Å². The molecule has 2 N–H and O–H groups in total. The molecule has 1 aromatic heterocycles. The summed E-state index contributed by atoms with van der Waals surface area (Å²) in [5.41, 5.74) is 6.58. The number of carbonyl (C=O) groups excluding carboxylic acids is 1. The van der Waals surface area contributed by atoms with E-state index in [4.69, 9.17) is 0 Å². The van der Waals surface area contributed by atoms with Crippen LogP contribution in [0.25, 0.3) is 11.3 Å². The van der Waals surface area contributed by atoms with E-state index in [0.29, 0.717) is 0 Å². The lowest BCUT2D eigenvalue weighted by Crippen LogP contribution is -2.13. The third-order valence-corrected chi connectivity index (χ3v) is 4.18. The van der Waals surface area contributed by atoms with Crippen molar-refractivity contribution in [2.45, 2.75) is 6.92 Å². The van der Waals surface area contributed by atoms with E-state index in [2.05, 4.69) is 15.3 Å². The first-order valence-corrected chi connectivity index (χ1v) is 7.92. The maximum Gasteiger partial charge on any atom is 0.246 e. The number of hydrogen-bond acceptors (Lipinski definition) is 2. The van der Waals surface area contributed by atoms with Crippen molar-refractivity contribution in [1.82, 2.24) is 4.98 Å². The summed E-state index contributed by atoms with van der Waals surface area (Å²) in [7, 11) is 0. The normalized spacial score (nSPS) is 13.7. The van der Waals surface area contributed by atoms with Crippen LogP contribution in [-0.4, -0.2) is 23.1 Å². The summed E-state index contributed by atoms with van der Waals surface area (Å²) in [5.74, 6) is -0.0987. The summed E-state index contributed by atoms with van der Waals surface area (Å²) in [4.78, 5) is 20.2. The second-order valence-electron chi connectivity index (χ2n) is 5.82. The Hall–Kier alpha value is -3.14. The molecule has 3 aromatic rings. The number of aliphatic imine (C=N–C) groups is 1. The first-order valence-electron chi connectivity index (χ1n) is 7.92. The van der Waals surface area contributed by atoms with Gasteiger partial charge in [-0.05, 0) is 6.92 Å². The zero-order valence-corrected chi connectivity index (χ0v) is 13.3. The quantitative estimate of drug-likeness (QED) is 0.743. The molecule has 0 unspecified atom stereocenters. The van der Waals surface area contributed by atoms with Crippen molar-refractivity contribution in [2.24, 2.45) is 4.99 Å². The van der Waals surface area contributed by atoms with Crippen LogP contribution in [0.4, 0.5) is 5.69 Å². The number of amides is 1. The van der Waals surface area contributed by atoms with Crippen molar-refractivity contribution in [3.05, 3.63) is 77.5 Å². The Morgan fingerprint density at radius 2 is 1.54 bits per heavy atom. The molecule has 118 valence electrons. The van der Waals surface area contributed by atoms with E-state index in [0.717, 1.165) is 39.5 Å². The van der Waals surface area contributed by atoms with Crippen LogP contribution < -0.4 is 5.32 Å². The van der Waals surface area contributed by atoms with Crippen molar-refractivity contribution < 1.29 is 4.79 Å². The molecule has 4 heteroatoms. The summed E-state index contributed by atoms with van der Waals surface area (Å²) in [6.07, 6.45) is 0. The lowest BCUT2D eigenvalue weighted by Gasteiger charge is -2.08. The average molecular weight is 315 g/mol. The van der Waals surface area contributed by atoms with Gasteiger partial charge in [0.2, 0.25) is 5.91 Å². The van der Waals surface area contributed by atoms with Crippen LogP contribution in [0.5, 0.6) is 0 Å². The number of aryl methyl sites for hydroxylation is 1. The number of hydrogen-bond donors (Lipinski definition) is 2. The molecular weight excluding hydrogens is 298 g/mol. The van der Waals surface area contributed by atoms with Crippen LogP contribution in [0, 0.1) is 6.92 Å². The lowest BCUT2D eigenvalue weighted by atomic mass is 10.00. The highest BCUT2D eigenvalue weighted by Crippen LogP contribution is 2.35. The lowest BCUT2D eigenvalue weighted by molar-refractivity contribution is -0.114. The van der Waals surface area contributed by atoms with Gasteiger partial charge in [0.05, 0.1) is 17.1 Å². The highest BCUT2D eigenvalue weighted by Gasteiger charge is 2.25. The van der Waals surface area contributed by atoms with Gasteiger partial charge in [0, 0.05) is 22.4 Å². The van der Waals surface area contributed by atoms with Gasteiger partial charge < -0.3 is 10.3 Å². The van der Waals surface area contributed by atoms with Crippen LogP contribution in [0.15, 0.2) is 65.7 Å². The number of fused-ring (bicyclic) bond motifs is 1. The van der Waals surface area contributed by atoms with E-state index in [1.807, 2.05) is 67.6 Å². The van der Waals surface area contributed by atoms with Gasteiger partial charge in [-0.15, -0.1) is 0 Å². The second kappa shape index (κ2) is 5.81. The number of anilines is 1. The van der Waals surface area contributed by atoms with Crippen LogP contribution in [0.2, 0.25) is 0 Å². The van der Waals surface area contributed by atoms with Gasteiger partial charge >= 0.3 is 0 Å². The molecule has 1 aliphatic heterocycles. The minimum atomic E-state index is -0.0987. The molecule has 4 nitrogen and oxygen atoms in total. The Bertz CT molecular complexity index is 924. The Morgan fingerprint density at radius 3 is 2.21 bits per heavy atom. The summed E-state index contributed by atoms with van der Waals surface area (Å²) in [6.45, 7) is 2.15. The molecule has 0 aliphatic carbocycles. The van der Waals surface area contributed by atoms with Crippen molar-refractivity contribution >= 4 is 17.3 Å². The molecule has 2 heterocycles. The smallest absolute Gasteiger partial charge is 0.246 e. The van der Waals surface area contributed by atoms with Crippen LogP contribution >= 0.6 is 0 Å². The topological polar surface area (TPSA) is 57.2 Å². The molecule has 4 rings (SSSR count). The molecule has 0 fully saturated rings. The van der Waals surface area contributed by atoms with Gasteiger partial charge in [0.15, 0.2) is 0 Å². The highest BCUT2D eigenvalue weighted by atomic mass is 16.1. The fraction of sp³-hybridized carbons (Fsp3) is 0.100. The first-order chi connectivity index (χ1) is 11.7. The summed E-state index contributed by atoms with van der Waals surface area (Å²) >= 11 is 0. The molecule has 0 atom stereocenters. The number of H-pyrrole nitrogens is 1. The van der Waals surface area contributed by atoms with E-state index >= 15 is 0 Å². The number of nitrogens with zero attached hydrogens (tertiary/aromatic N) is 1. The number of nitrogens with one attached hydrogen (secondary N) is 2. The summed E-state index contributed by atoms with van der Waals surface area (Å²) in [6, 6.07) is 20.0. The van der Waals surface area contributed by atoms with Gasteiger partial charge in [-0.3, -0.25) is 9.79 Å². The fourth-order valence-corrected chi connectivity index (χ4v) is 3.11. The standard InChI is InChI=1S/C20H17N3O/c1-13-17-18(14-8-4-2-5-9-14)21-12-16(24)23-20(17)19(22-13)15-10-6-3-7-11-15/h2-11,22H,12H2,1H3,(H,23,24). The largest absolute Gasteiger partial charge is 0.356 e. The maximum absolute atomic E-state index is 12.2. The minimum absolute atomic E-state index is 0.0987. The van der Waals surface area contributed by atoms with Gasteiger partial charge in [-0.1, -0.05) is 60.7 Å². The average Bonchev–Trinajstić information content (AvgIpc) is 2.83. The van der Waals surface area contributed by atoms with Gasteiger partial charge in [-0.25, -0.2) is 0 Å². The molecule has 0 radical (unpaired) electrons. The molecule has 2 aromatic carbocycles. The molecule has 0 saturated heterocycles. The van der Waals surface area contributed by atoms with Gasteiger partial charge in [0.25, 0.3) is 0 Å². The Labute approximate surface area is 140 Å². The van der Waals surface area contributed by atoms with E-state index in [1.54, 1.807) is 0 Å². The molecule has 1 aliphatic rings. The zero-order chi connectivity index (χ0) is 16.5. The van der Waals surface area contributed by atoms with Crippen molar-refractivity contribution in [3.63, 3.8) is 0 Å². The zero-order valence-electron chi connectivity index (χ0n) is 13.3. The fourth-order valence-electron chi connectivity index (χ4n) is 3.11. The predicted molar refractivity (Wildman–Crippen MR) is 96.5 cm³/mol. The molecule has 0 bridgehead atoms. The van der Waals surface area contributed by atoms with Crippen LogP contribution in [0.1, 0.15) is 16.8 Å². The van der Waals surface area contributed by atoms with Gasteiger partial charge in [-0.2, -0.15) is 0 Å². The third kappa shape index (κ3) is 2.42. The third-order valence-electron chi connectivity index (χ3n) is 4.18. The molecule has 0 spiro atoms. The number of rotatable bonds is 2. The van der Waals surface area contributed by atoms with Crippen LogP contribution in [-0.2, 0) is 4.79 Å². The maximum atomic E-state index is 12.2. The number of benzene rings is 2. The second-order valence-corrected chi connectivity index (χ2v) is 5.82. The molecule has 0 saturated carbocycles. The Balaban J connectivity index is 1.95. The Kier molecular flexibility index (Phi) is 3.50. The summed E-state index contributed by atoms with van der Waals surface area (Å²) in [5, 5.41) is 3.03. The first kappa shape index (κ1) is 14.5. The molecule has 1 amide bonds. The number of aromatic amines is 1. The van der Waals surface area contributed by atoms with Crippen molar-refractivity contribution in [3.8, 4) is 11.3 Å². The minimum Gasteiger partial charge on any atom is -0.356 e. The molecule has 24 heavy (non-hydrogen) atoms. The number of aromatic nitrogens is 1. The van der Waals surface area contributed by atoms with E-state index in [1.165, 1.54) is 0 Å². The van der Waals surface area contributed by atoms with Crippen molar-refractivity contribution in [2.75, 3.05) is 11.9 Å². The van der Waals surface area contributed by atoms with E-state index in [-0.39, 0.29) is 12.5 Å². The van der Waals surface area contributed by atoms with Gasteiger partial charge in [0.1, 0.15) is 6.54 Å². The van der Waals surface area contributed by atoms with Crippen LogP contribution in [0.3, 0.4) is 0 Å². The monoisotopic (exact) mass is 315 g/mol. The molecular formula is C20H17N3O. The SMILES string of the molecule is Cc1[nH]c(-c2ccccc2)c2c1C(c1ccccc1)=NCC(=O)N2.